The fraction of sp³-hybridized carbons (Fsp3) is 0.381. The Morgan fingerprint density at radius 2 is 1.92 bits per heavy atom. The maximum absolute atomic E-state index is 10.2. The highest BCUT2D eigenvalue weighted by molar-refractivity contribution is 6.02. The minimum Gasteiger partial charge on any atom is -0.504 e. The van der Waals surface area contributed by atoms with Crippen LogP contribution in [0.3, 0.4) is 0 Å². The molecule has 1 aliphatic carbocycles. The van der Waals surface area contributed by atoms with Crippen LogP contribution in [0.1, 0.15) is 29.5 Å². The molecule has 1 atom stereocenters. The van der Waals surface area contributed by atoms with Crippen LogP contribution in [0.5, 0.6) is 11.5 Å². The van der Waals surface area contributed by atoms with Crippen molar-refractivity contribution in [3.8, 4) is 11.5 Å². The summed E-state index contributed by atoms with van der Waals surface area (Å²) in [6, 6.07) is 13.8. The van der Waals surface area contributed by atoms with E-state index in [-0.39, 0.29) is 17.5 Å². The summed E-state index contributed by atoms with van der Waals surface area (Å²) >= 11 is 0. The van der Waals surface area contributed by atoms with Crippen molar-refractivity contribution in [2.45, 2.75) is 37.4 Å². The van der Waals surface area contributed by atoms with Gasteiger partial charge in [-0.1, -0.05) is 29.4 Å². The molecule has 2 heterocycles. The van der Waals surface area contributed by atoms with E-state index >= 15 is 0 Å². The summed E-state index contributed by atoms with van der Waals surface area (Å²) in [6.07, 6.45) is 3.37. The van der Waals surface area contributed by atoms with E-state index < -0.39 is 0 Å². The van der Waals surface area contributed by atoms with Crippen LogP contribution in [0.4, 0.5) is 0 Å². The number of aromatic hydroxyl groups is 1. The van der Waals surface area contributed by atoms with E-state index in [1.165, 1.54) is 11.1 Å². The maximum Gasteiger partial charge on any atom is 0.168 e. The lowest BCUT2D eigenvalue weighted by molar-refractivity contribution is -0.0237. The molecular formula is C21H21NO4. The first-order valence-electron chi connectivity index (χ1n) is 9.10. The van der Waals surface area contributed by atoms with Gasteiger partial charge in [0.2, 0.25) is 0 Å². The minimum atomic E-state index is -0.304. The molecule has 134 valence electrons. The van der Waals surface area contributed by atoms with Crippen molar-refractivity contribution in [1.29, 1.82) is 0 Å². The Morgan fingerprint density at radius 1 is 1.12 bits per heavy atom. The fourth-order valence-corrected chi connectivity index (χ4v) is 4.05. The number of oxime groups is 1. The second-order valence-electron chi connectivity index (χ2n) is 7.39. The number of hydrogen-bond acceptors (Lipinski definition) is 5. The molecule has 5 nitrogen and oxygen atoms in total. The average Bonchev–Trinajstić information content (AvgIpc) is 3.37. The summed E-state index contributed by atoms with van der Waals surface area (Å²) < 4.78 is 11.6. The summed E-state index contributed by atoms with van der Waals surface area (Å²) in [6.45, 7) is 1.30. The zero-order valence-electron chi connectivity index (χ0n) is 14.5. The largest absolute Gasteiger partial charge is 0.504 e. The number of ether oxygens (including phenoxy) is 2. The monoisotopic (exact) mass is 351 g/mol. The van der Waals surface area contributed by atoms with Crippen LogP contribution < -0.4 is 4.74 Å². The second kappa shape index (κ2) is 6.02. The molecule has 1 spiro atoms. The van der Waals surface area contributed by atoms with Gasteiger partial charge in [-0.3, -0.25) is 0 Å². The van der Waals surface area contributed by atoms with Gasteiger partial charge in [-0.2, -0.15) is 0 Å². The fourth-order valence-electron chi connectivity index (χ4n) is 4.05. The number of phenols is 1. The third-order valence-corrected chi connectivity index (χ3v) is 5.51. The lowest BCUT2D eigenvalue weighted by Crippen LogP contribution is -2.29. The maximum atomic E-state index is 10.2. The van der Waals surface area contributed by atoms with Gasteiger partial charge in [0.1, 0.15) is 6.10 Å². The highest BCUT2D eigenvalue weighted by Gasteiger charge is 2.43. The average molecular weight is 351 g/mol. The van der Waals surface area contributed by atoms with Crippen LogP contribution in [-0.4, -0.2) is 35.7 Å². The molecule has 0 saturated carbocycles. The normalized spacial score (nSPS) is 24.5. The van der Waals surface area contributed by atoms with Gasteiger partial charge in [-0.25, -0.2) is 0 Å². The van der Waals surface area contributed by atoms with E-state index in [9.17, 15) is 5.11 Å². The van der Waals surface area contributed by atoms with E-state index in [0.717, 1.165) is 43.6 Å². The molecule has 0 amide bonds. The predicted octanol–water partition coefficient (Wildman–Crippen LogP) is 3.22. The molecule has 5 rings (SSSR count). The van der Waals surface area contributed by atoms with Crippen molar-refractivity contribution in [2.75, 3.05) is 13.2 Å². The molecule has 1 N–H and O–H groups in total. The molecule has 1 unspecified atom stereocenters. The van der Waals surface area contributed by atoms with Crippen molar-refractivity contribution >= 4 is 5.71 Å². The van der Waals surface area contributed by atoms with Gasteiger partial charge in [0.15, 0.2) is 17.1 Å². The predicted molar refractivity (Wildman–Crippen MR) is 96.8 cm³/mol. The first-order valence-corrected chi connectivity index (χ1v) is 9.10. The number of phenolic OH excluding ortho intramolecular Hbond substituents is 1. The highest BCUT2D eigenvalue weighted by Crippen LogP contribution is 2.37. The quantitative estimate of drug-likeness (QED) is 0.922. The molecule has 3 aliphatic rings. The number of hydrogen-bond donors (Lipinski definition) is 1. The smallest absolute Gasteiger partial charge is 0.168 e. The summed E-state index contributed by atoms with van der Waals surface area (Å²) in [5.41, 5.74) is 4.16. The second-order valence-corrected chi connectivity index (χ2v) is 7.39. The van der Waals surface area contributed by atoms with Gasteiger partial charge in [-0.05, 0) is 29.3 Å². The van der Waals surface area contributed by atoms with Crippen molar-refractivity contribution in [2.24, 2.45) is 5.16 Å². The highest BCUT2D eigenvalue weighted by atomic mass is 16.7. The Bertz CT molecular complexity index is 845. The van der Waals surface area contributed by atoms with E-state index in [0.29, 0.717) is 12.4 Å². The topological polar surface area (TPSA) is 60.3 Å². The Balaban J connectivity index is 1.34. The molecule has 2 aromatic rings. The van der Waals surface area contributed by atoms with Crippen LogP contribution in [0, 0.1) is 0 Å². The van der Waals surface area contributed by atoms with Crippen LogP contribution in [-0.2, 0) is 22.4 Å². The Hall–Kier alpha value is -2.53. The molecule has 1 saturated heterocycles. The standard InChI is InChI=1S/C21H21NO4/c23-19-6-5-16(18-12-21(26-22-18)7-8-24-13-21)11-20(19)25-17-9-14-3-1-2-4-15(14)10-17/h1-6,11,17,23H,7-10,12-13H2. The van der Waals surface area contributed by atoms with Gasteiger partial charge >= 0.3 is 0 Å². The van der Waals surface area contributed by atoms with Crippen molar-refractivity contribution in [3.63, 3.8) is 0 Å². The van der Waals surface area contributed by atoms with Crippen LogP contribution in [0.15, 0.2) is 47.6 Å². The molecule has 2 aliphatic heterocycles. The third kappa shape index (κ3) is 2.72. The van der Waals surface area contributed by atoms with Gasteiger partial charge in [0.05, 0.1) is 18.9 Å². The molecular weight excluding hydrogens is 330 g/mol. The van der Waals surface area contributed by atoms with Crippen LogP contribution in [0.2, 0.25) is 0 Å². The SMILES string of the molecule is Oc1ccc(C2=NOC3(CCOC3)C2)cc1OC1Cc2ccccc2C1. The van der Waals surface area contributed by atoms with E-state index in [4.69, 9.17) is 14.3 Å². The van der Waals surface area contributed by atoms with Gasteiger partial charge in [0.25, 0.3) is 0 Å². The Labute approximate surface area is 152 Å². The molecule has 5 heteroatoms. The number of rotatable bonds is 3. The van der Waals surface area contributed by atoms with Gasteiger partial charge < -0.3 is 19.4 Å². The van der Waals surface area contributed by atoms with Crippen molar-refractivity contribution in [1.82, 2.24) is 0 Å². The van der Waals surface area contributed by atoms with Crippen molar-refractivity contribution < 1.29 is 19.4 Å². The molecule has 1 fully saturated rings. The zero-order chi connectivity index (χ0) is 17.6. The third-order valence-electron chi connectivity index (χ3n) is 5.51. The van der Waals surface area contributed by atoms with Crippen molar-refractivity contribution in [3.05, 3.63) is 59.2 Å². The molecule has 26 heavy (non-hydrogen) atoms. The molecule has 0 bridgehead atoms. The number of nitrogens with zero attached hydrogens (tertiary/aromatic N) is 1. The summed E-state index contributed by atoms with van der Waals surface area (Å²) in [4.78, 5) is 5.67. The molecule has 0 aromatic heterocycles. The van der Waals surface area contributed by atoms with E-state index in [2.05, 4.69) is 29.4 Å². The zero-order valence-corrected chi connectivity index (χ0v) is 14.5. The van der Waals surface area contributed by atoms with Gasteiger partial charge in [-0.15, -0.1) is 0 Å². The first kappa shape index (κ1) is 15.7. The number of fused-ring (bicyclic) bond motifs is 1. The Kier molecular flexibility index (Phi) is 3.64. The number of benzene rings is 2. The van der Waals surface area contributed by atoms with Gasteiger partial charge in [0, 0.05) is 31.2 Å². The summed E-state index contributed by atoms with van der Waals surface area (Å²) in [7, 11) is 0. The molecule has 0 radical (unpaired) electrons. The minimum absolute atomic E-state index is 0.0462. The van der Waals surface area contributed by atoms with Crippen LogP contribution in [0.25, 0.3) is 0 Å². The van der Waals surface area contributed by atoms with Crippen LogP contribution >= 0.6 is 0 Å². The van der Waals surface area contributed by atoms with E-state index in [1.807, 2.05) is 12.1 Å². The lowest BCUT2D eigenvalue weighted by Gasteiger charge is -2.17. The summed E-state index contributed by atoms with van der Waals surface area (Å²) in [5, 5.41) is 14.5. The molecule has 2 aromatic carbocycles. The first-order chi connectivity index (χ1) is 12.7. The lowest BCUT2D eigenvalue weighted by atomic mass is 9.93. The Morgan fingerprint density at radius 3 is 2.65 bits per heavy atom. The van der Waals surface area contributed by atoms with E-state index in [1.54, 1.807) is 6.07 Å². The summed E-state index contributed by atoms with van der Waals surface area (Å²) in [5.74, 6) is 0.662.